The lowest BCUT2D eigenvalue weighted by molar-refractivity contribution is 0.148. The van der Waals surface area contributed by atoms with Gasteiger partial charge in [-0.3, -0.25) is 0 Å². The van der Waals surface area contributed by atoms with E-state index in [0.717, 1.165) is 6.42 Å². The van der Waals surface area contributed by atoms with Gasteiger partial charge in [0.05, 0.1) is 6.10 Å². The Bertz CT molecular complexity index is 147. The summed E-state index contributed by atoms with van der Waals surface area (Å²) in [7, 11) is 0. The van der Waals surface area contributed by atoms with Crippen LogP contribution < -0.4 is 0 Å². The Balaban J connectivity index is 3.83. The first kappa shape index (κ1) is 11.4. The third kappa shape index (κ3) is 5.14. The molecule has 2 unspecified atom stereocenters. The molecule has 0 aliphatic rings. The summed E-state index contributed by atoms with van der Waals surface area (Å²) in [5.41, 5.74) is 0. The standard InChI is InChI=1S/C11H20O/c1-5-6-7-11(12)10(4)8-9(2)3/h5-7,9-12H,1,8H2,2-4H3/b7-6+. The largest absolute Gasteiger partial charge is 0.389 e. The predicted octanol–water partition coefficient (Wildman–Crippen LogP) is 2.77. The zero-order valence-electron chi connectivity index (χ0n) is 8.33. The van der Waals surface area contributed by atoms with E-state index in [1.807, 2.05) is 0 Å². The highest BCUT2D eigenvalue weighted by Gasteiger charge is 2.11. The third-order valence-corrected chi connectivity index (χ3v) is 1.87. The Kier molecular flexibility index (Phi) is 5.73. The van der Waals surface area contributed by atoms with Crippen molar-refractivity contribution in [2.24, 2.45) is 11.8 Å². The molecule has 0 radical (unpaired) electrons. The van der Waals surface area contributed by atoms with Crippen molar-refractivity contribution in [1.29, 1.82) is 0 Å². The summed E-state index contributed by atoms with van der Waals surface area (Å²) in [6.45, 7) is 9.96. The molecule has 0 aromatic heterocycles. The summed E-state index contributed by atoms with van der Waals surface area (Å²) in [6.07, 6.45) is 6.00. The minimum absolute atomic E-state index is 0.328. The van der Waals surface area contributed by atoms with Gasteiger partial charge in [-0.15, -0.1) is 0 Å². The maximum atomic E-state index is 9.56. The number of allylic oxidation sites excluding steroid dienone is 2. The minimum Gasteiger partial charge on any atom is -0.389 e. The van der Waals surface area contributed by atoms with Crippen molar-refractivity contribution in [2.75, 3.05) is 0 Å². The fourth-order valence-corrected chi connectivity index (χ4v) is 1.27. The van der Waals surface area contributed by atoms with E-state index < -0.39 is 0 Å². The van der Waals surface area contributed by atoms with E-state index in [0.29, 0.717) is 11.8 Å². The second-order valence-corrected chi connectivity index (χ2v) is 3.72. The average molecular weight is 168 g/mol. The van der Waals surface area contributed by atoms with Gasteiger partial charge in [-0.2, -0.15) is 0 Å². The molecule has 70 valence electrons. The lowest BCUT2D eigenvalue weighted by Gasteiger charge is -2.17. The van der Waals surface area contributed by atoms with Crippen LogP contribution in [0.4, 0.5) is 0 Å². The molecular formula is C11H20O. The van der Waals surface area contributed by atoms with Crippen LogP contribution in [0, 0.1) is 11.8 Å². The minimum atomic E-state index is -0.328. The molecule has 0 aromatic carbocycles. The molecule has 2 atom stereocenters. The number of aliphatic hydroxyl groups is 1. The van der Waals surface area contributed by atoms with Crippen LogP contribution in [0.2, 0.25) is 0 Å². The highest BCUT2D eigenvalue weighted by atomic mass is 16.3. The summed E-state index contributed by atoms with van der Waals surface area (Å²) in [4.78, 5) is 0. The van der Waals surface area contributed by atoms with Gasteiger partial charge in [0.2, 0.25) is 0 Å². The van der Waals surface area contributed by atoms with Crippen molar-refractivity contribution in [2.45, 2.75) is 33.3 Å². The topological polar surface area (TPSA) is 20.2 Å². The molecule has 0 aromatic rings. The number of rotatable bonds is 5. The fourth-order valence-electron chi connectivity index (χ4n) is 1.27. The van der Waals surface area contributed by atoms with Crippen molar-refractivity contribution in [1.82, 2.24) is 0 Å². The Hall–Kier alpha value is -0.560. The summed E-state index contributed by atoms with van der Waals surface area (Å²) in [6, 6.07) is 0. The van der Waals surface area contributed by atoms with Crippen molar-refractivity contribution in [3.05, 3.63) is 24.8 Å². The lowest BCUT2D eigenvalue weighted by Crippen LogP contribution is -2.16. The first-order chi connectivity index (χ1) is 5.57. The molecule has 0 saturated carbocycles. The molecule has 0 saturated heterocycles. The zero-order valence-corrected chi connectivity index (χ0v) is 8.33. The number of hydrogen-bond acceptors (Lipinski definition) is 1. The molecule has 0 rings (SSSR count). The number of aliphatic hydroxyl groups excluding tert-OH is 1. The van der Waals surface area contributed by atoms with Gasteiger partial charge < -0.3 is 5.11 Å². The highest BCUT2D eigenvalue weighted by Crippen LogP contribution is 2.15. The molecule has 0 fully saturated rings. The van der Waals surface area contributed by atoms with Gasteiger partial charge in [0, 0.05) is 0 Å². The second kappa shape index (κ2) is 6.01. The van der Waals surface area contributed by atoms with Gasteiger partial charge in [-0.05, 0) is 18.3 Å². The molecule has 0 spiro atoms. The predicted molar refractivity (Wildman–Crippen MR) is 54.0 cm³/mol. The Morgan fingerprint density at radius 2 is 1.92 bits per heavy atom. The first-order valence-electron chi connectivity index (χ1n) is 4.55. The first-order valence-corrected chi connectivity index (χ1v) is 4.55. The van der Waals surface area contributed by atoms with Crippen molar-refractivity contribution in [3.8, 4) is 0 Å². The highest BCUT2D eigenvalue weighted by molar-refractivity contribution is 5.01. The van der Waals surface area contributed by atoms with Crippen LogP contribution in [0.5, 0.6) is 0 Å². The van der Waals surface area contributed by atoms with Crippen LogP contribution in [0.25, 0.3) is 0 Å². The van der Waals surface area contributed by atoms with Crippen LogP contribution in [-0.4, -0.2) is 11.2 Å². The van der Waals surface area contributed by atoms with E-state index in [-0.39, 0.29) is 6.10 Å². The van der Waals surface area contributed by atoms with E-state index in [4.69, 9.17) is 0 Å². The van der Waals surface area contributed by atoms with Gasteiger partial charge in [-0.1, -0.05) is 45.6 Å². The number of hydrogen-bond donors (Lipinski definition) is 1. The van der Waals surface area contributed by atoms with Crippen LogP contribution in [0.3, 0.4) is 0 Å². The monoisotopic (exact) mass is 168 g/mol. The molecule has 0 aliphatic carbocycles. The van der Waals surface area contributed by atoms with Gasteiger partial charge in [0.15, 0.2) is 0 Å². The van der Waals surface area contributed by atoms with Crippen LogP contribution in [0.15, 0.2) is 24.8 Å². The fraction of sp³-hybridized carbons (Fsp3) is 0.636. The van der Waals surface area contributed by atoms with Gasteiger partial charge >= 0.3 is 0 Å². The molecular weight excluding hydrogens is 148 g/mol. The molecule has 12 heavy (non-hydrogen) atoms. The normalized spacial score (nSPS) is 16.8. The van der Waals surface area contributed by atoms with Gasteiger partial charge in [0.1, 0.15) is 0 Å². The summed E-state index contributed by atoms with van der Waals surface area (Å²) >= 11 is 0. The van der Waals surface area contributed by atoms with Gasteiger partial charge in [-0.25, -0.2) is 0 Å². The third-order valence-electron chi connectivity index (χ3n) is 1.87. The molecule has 0 aliphatic heterocycles. The molecule has 1 N–H and O–H groups in total. The van der Waals surface area contributed by atoms with Crippen LogP contribution in [-0.2, 0) is 0 Å². The maximum Gasteiger partial charge on any atom is 0.0749 e. The Labute approximate surface area is 75.8 Å². The average Bonchev–Trinajstić information content (AvgIpc) is 1.98. The van der Waals surface area contributed by atoms with Crippen LogP contribution in [0.1, 0.15) is 27.2 Å². The van der Waals surface area contributed by atoms with Crippen molar-refractivity contribution < 1.29 is 5.11 Å². The molecule has 0 bridgehead atoms. The van der Waals surface area contributed by atoms with E-state index in [9.17, 15) is 5.11 Å². The van der Waals surface area contributed by atoms with Crippen molar-refractivity contribution >= 4 is 0 Å². The second-order valence-electron chi connectivity index (χ2n) is 3.72. The van der Waals surface area contributed by atoms with Crippen molar-refractivity contribution in [3.63, 3.8) is 0 Å². The summed E-state index contributed by atoms with van der Waals surface area (Å²) in [5.74, 6) is 0.980. The van der Waals surface area contributed by atoms with E-state index >= 15 is 0 Å². The Morgan fingerprint density at radius 1 is 1.33 bits per heavy atom. The molecule has 0 heterocycles. The lowest BCUT2D eigenvalue weighted by atomic mass is 9.94. The maximum absolute atomic E-state index is 9.56. The summed E-state index contributed by atoms with van der Waals surface area (Å²) < 4.78 is 0. The Morgan fingerprint density at radius 3 is 2.33 bits per heavy atom. The van der Waals surface area contributed by atoms with Gasteiger partial charge in [0.25, 0.3) is 0 Å². The SMILES string of the molecule is C=C/C=C/C(O)C(C)CC(C)C. The van der Waals surface area contributed by atoms with E-state index in [1.165, 1.54) is 0 Å². The molecule has 1 heteroatoms. The zero-order chi connectivity index (χ0) is 9.56. The van der Waals surface area contributed by atoms with Crippen LogP contribution >= 0.6 is 0 Å². The quantitative estimate of drug-likeness (QED) is 0.626. The van der Waals surface area contributed by atoms with E-state index in [1.54, 1.807) is 18.2 Å². The smallest absolute Gasteiger partial charge is 0.0749 e. The molecule has 1 nitrogen and oxygen atoms in total. The molecule has 0 amide bonds. The summed E-state index contributed by atoms with van der Waals surface area (Å²) in [5, 5.41) is 9.56. The van der Waals surface area contributed by atoms with E-state index in [2.05, 4.69) is 27.4 Å².